The Morgan fingerprint density at radius 3 is 2.47 bits per heavy atom. The maximum Gasteiger partial charge on any atom is 0.0733 e. The summed E-state index contributed by atoms with van der Waals surface area (Å²) in [7, 11) is 0. The molecule has 0 aliphatic rings. The molecule has 2 N–H and O–H groups in total. The molecule has 0 fully saturated rings. The lowest BCUT2D eigenvalue weighted by Crippen LogP contribution is -2.11. The fourth-order valence-electron chi connectivity index (χ4n) is 1.59. The zero-order valence-electron chi connectivity index (χ0n) is 9.30. The third-order valence-corrected chi connectivity index (χ3v) is 3.15. The maximum atomic E-state index is 6.20. The van der Waals surface area contributed by atoms with Gasteiger partial charge in [0.1, 0.15) is 0 Å². The molecule has 0 saturated heterocycles. The van der Waals surface area contributed by atoms with Gasteiger partial charge in [-0.05, 0) is 42.5 Å². The molecule has 1 atom stereocenters. The first-order valence-corrected chi connectivity index (χ1v) is 5.75. The fourth-order valence-corrected chi connectivity index (χ4v) is 2.25. The minimum absolute atomic E-state index is 0.286. The summed E-state index contributed by atoms with van der Waals surface area (Å²) in [6.45, 7) is 6.24. The highest BCUT2D eigenvalue weighted by atomic mass is 35.5. The van der Waals surface area contributed by atoms with Crippen LogP contribution < -0.4 is 5.73 Å². The molecule has 1 aromatic carbocycles. The first-order chi connectivity index (χ1) is 6.91. The molecule has 0 radical (unpaired) electrons. The number of rotatable bonds is 3. The fraction of sp³-hybridized carbons (Fsp3) is 0.417. The van der Waals surface area contributed by atoms with Crippen LogP contribution in [0.25, 0.3) is 0 Å². The lowest BCUT2D eigenvalue weighted by molar-refractivity contribution is 0.805. The van der Waals surface area contributed by atoms with Gasteiger partial charge in [0.05, 0.1) is 4.99 Å². The zero-order valence-corrected chi connectivity index (χ0v) is 10.9. The summed E-state index contributed by atoms with van der Waals surface area (Å²) in [5.74, 6) is 0.286. The van der Waals surface area contributed by atoms with Crippen LogP contribution >= 0.6 is 23.8 Å². The highest BCUT2D eigenvalue weighted by Crippen LogP contribution is 2.29. The second kappa shape index (κ2) is 4.95. The molecule has 0 aromatic heterocycles. The van der Waals surface area contributed by atoms with E-state index in [2.05, 4.69) is 26.8 Å². The van der Waals surface area contributed by atoms with E-state index in [4.69, 9.17) is 29.6 Å². The molecular weight excluding hydrogens is 226 g/mol. The van der Waals surface area contributed by atoms with E-state index in [0.29, 0.717) is 11.4 Å². The maximum absolute atomic E-state index is 6.20. The Morgan fingerprint density at radius 2 is 1.93 bits per heavy atom. The van der Waals surface area contributed by atoms with E-state index in [1.807, 2.05) is 6.07 Å². The third-order valence-electron chi connectivity index (χ3n) is 2.65. The zero-order chi connectivity index (χ0) is 11.6. The van der Waals surface area contributed by atoms with Crippen LogP contribution in [-0.4, -0.2) is 4.99 Å². The summed E-state index contributed by atoms with van der Waals surface area (Å²) in [6, 6.07) is 4.13. The number of nitrogens with two attached hydrogens (primary N) is 1. The highest BCUT2D eigenvalue weighted by Gasteiger charge is 2.12. The third kappa shape index (κ3) is 3.18. The molecule has 0 spiro atoms. The average Bonchev–Trinajstić information content (AvgIpc) is 2.09. The Bertz CT molecular complexity index is 387. The van der Waals surface area contributed by atoms with Crippen LogP contribution in [0.5, 0.6) is 0 Å². The molecule has 1 rings (SSSR count). The Kier molecular flexibility index (Phi) is 4.12. The van der Waals surface area contributed by atoms with Gasteiger partial charge < -0.3 is 5.73 Å². The standard InChI is InChI=1S/C12H16ClNS/c1-7-4-10(9(3)6-12(14)15)11(13)5-8(7)2/h4-5,9H,6H2,1-3H3,(H2,14,15). The SMILES string of the molecule is Cc1cc(Cl)c(C(C)CC(N)=S)cc1C. The number of hydrogen-bond acceptors (Lipinski definition) is 1. The van der Waals surface area contributed by atoms with Crippen molar-refractivity contribution in [3.05, 3.63) is 33.8 Å². The van der Waals surface area contributed by atoms with Crippen molar-refractivity contribution < 1.29 is 0 Å². The lowest BCUT2D eigenvalue weighted by atomic mass is 9.94. The Morgan fingerprint density at radius 1 is 1.40 bits per heavy atom. The normalized spacial score (nSPS) is 12.5. The molecule has 3 heteroatoms. The van der Waals surface area contributed by atoms with Crippen LogP contribution in [0.1, 0.15) is 36.0 Å². The van der Waals surface area contributed by atoms with Crippen LogP contribution in [0.2, 0.25) is 5.02 Å². The summed E-state index contributed by atoms with van der Waals surface area (Å²) in [5.41, 5.74) is 9.14. The largest absolute Gasteiger partial charge is 0.393 e. The molecule has 1 nitrogen and oxygen atoms in total. The van der Waals surface area contributed by atoms with Crippen LogP contribution in [0.3, 0.4) is 0 Å². The van der Waals surface area contributed by atoms with Crippen molar-refractivity contribution in [3.63, 3.8) is 0 Å². The van der Waals surface area contributed by atoms with Crippen molar-refractivity contribution in [2.75, 3.05) is 0 Å². The lowest BCUT2D eigenvalue weighted by Gasteiger charge is -2.14. The van der Waals surface area contributed by atoms with Crippen molar-refractivity contribution in [1.29, 1.82) is 0 Å². The summed E-state index contributed by atoms with van der Waals surface area (Å²) in [4.78, 5) is 0.539. The van der Waals surface area contributed by atoms with Gasteiger partial charge in [0.15, 0.2) is 0 Å². The monoisotopic (exact) mass is 241 g/mol. The number of hydrogen-bond donors (Lipinski definition) is 1. The highest BCUT2D eigenvalue weighted by molar-refractivity contribution is 7.80. The van der Waals surface area contributed by atoms with Crippen molar-refractivity contribution in [2.24, 2.45) is 5.73 Å². The van der Waals surface area contributed by atoms with Gasteiger partial charge in [0.2, 0.25) is 0 Å². The molecule has 1 unspecified atom stereocenters. The number of aryl methyl sites for hydroxylation is 2. The second-order valence-corrected chi connectivity index (χ2v) is 4.96. The van der Waals surface area contributed by atoms with Gasteiger partial charge in [-0.15, -0.1) is 0 Å². The van der Waals surface area contributed by atoms with Crippen molar-refractivity contribution in [2.45, 2.75) is 33.1 Å². The Balaban J connectivity index is 3.03. The smallest absolute Gasteiger partial charge is 0.0733 e. The summed E-state index contributed by atoms with van der Waals surface area (Å²) >= 11 is 11.1. The molecular formula is C12H16ClNS. The topological polar surface area (TPSA) is 26.0 Å². The van der Waals surface area contributed by atoms with E-state index in [9.17, 15) is 0 Å². The first kappa shape index (κ1) is 12.5. The molecule has 0 amide bonds. The van der Waals surface area contributed by atoms with Crippen molar-refractivity contribution in [1.82, 2.24) is 0 Å². The summed E-state index contributed by atoms with van der Waals surface area (Å²) < 4.78 is 0. The van der Waals surface area contributed by atoms with Gasteiger partial charge in [0, 0.05) is 11.4 Å². The molecule has 1 aromatic rings. The summed E-state index contributed by atoms with van der Waals surface area (Å²) in [6.07, 6.45) is 0.706. The van der Waals surface area contributed by atoms with Gasteiger partial charge in [0.25, 0.3) is 0 Å². The number of benzene rings is 1. The quantitative estimate of drug-likeness (QED) is 0.816. The van der Waals surface area contributed by atoms with Crippen molar-refractivity contribution in [3.8, 4) is 0 Å². The minimum Gasteiger partial charge on any atom is -0.393 e. The van der Waals surface area contributed by atoms with E-state index < -0.39 is 0 Å². The Labute approximate surface area is 102 Å². The predicted octanol–water partition coefficient (Wildman–Crippen LogP) is 3.74. The van der Waals surface area contributed by atoms with Gasteiger partial charge in [-0.1, -0.05) is 36.8 Å². The van der Waals surface area contributed by atoms with E-state index in [-0.39, 0.29) is 5.92 Å². The Hall–Kier alpha value is -0.600. The molecule has 82 valence electrons. The minimum atomic E-state index is 0.286. The summed E-state index contributed by atoms with van der Waals surface area (Å²) in [5, 5.41) is 0.807. The van der Waals surface area contributed by atoms with E-state index in [1.165, 1.54) is 11.1 Å². The van der Waals surface area contributed by atoms with E-state index in [1.54, 1.807) is 0 Å². The van der Waals surface area contributed by atoms with E-state index in [0.717, 1.165) is 10.6 Å². The first-order valence-electron chi connectivity index (χ1n) is 4.96. The number of thiocarbonyl (C=S) groups is 1. The average molecular weight is 242 g/mol. The van der Waals surface area contributed by atoms with Crippen LogP contribution in [0.4, 0.5) is 0 Å². The van der Waals surface area contributed by atoms with Gasteiger partial charge in [-0.25, -0.2) is 0 Å². The molecule has 0 aliphatic carbocycles. The van der Waals surface area contributed by atoms with Crippen LogP contribution in [-0.2, 0) is 0 Å². The number of halogens is 1. The molecule has 0 heterocycles. The van der Waals surface area contributed by atoms with E-state index >= 15 is 0 Å². The molecule has 0 saturated carbocycles. The molecule has 15 heavy (non-hydrogen) atoms. The van der Waals surface area contributed by atoms with Crippen LogP contribution in [0.15, 0.2) is 12.1 Å². The van der Waals surface area contributed by atoms with Crippen molar-refractivity contribution >= 4 is 28.8 Å². The predicted molar refractivity (Wildman–Crippen MR) is 70.7 cm³/mol. The van der Waals surface area contributed by atoms with Gasteiger partial charge in [-0.2, -0.15) is 0 Å². The molecule has 0 aliphatic heterocycles. The molecule has 0 bridgehead atoms. The van der Waals surface area contributed by atoms with Crippen LogP contribution in [0, 0.1) is 13.8 Å². The second-order valence-electron chi connectivity index (χ2n) is 4.03. The van der Waals surface area contributed by atoms with Gasteiger partial charge in [-0.3, -0.25) is 0 Å². The van der Waals surface area contributed by atoms with Gasteiger partial charge >= 0.3 is 0 Å².